The van der Waals surface area contributed by atoms with E-state index in [1.54, 1.807) is 35.0 Å². The molecule has 0 heterocycles. The molecule has 0 radical (unpaired) electrons. The third kappa shape index (κ3) is 4.43. The number of halogens is 5. The van der Waals surface area contributed by atoms with E-state index in [1.807, 2.05) is 0 Å². The van der Waals surface area contributed by atoms with Crippen LogP contribution in [0.4, 0.5) is 18.9 Å². The molecule has 0 atom stereocenters. The molecule has 1 rings (SSSR count). The molecule has 0 fully saturated rings. The van der Waals surface area contributed by atoms with Gasteiger partial charge in [-0.3, -0.25) is 5.32 Å². The van der Waals surface area contributed by atoms with Crippen molar-refractivity contribution in [3.63, 3.8) is 0 Å². The van der Waals surface area contributed by atoms with Gasteiger partial charge in [0.05, 0.1) is 16.3 Å². The Morgan fingerprint density at radius 2 is 2.16 bits per heavy atom. The number of nitrogens with one attached hydrogen (secondary N) is 1. The average Bonchev–Trinajstić information content (AvgIpc) is 2.30. The van der Waals surface area contributed by atoms with Gasteiger partial charge >= 0.3 is 6.18 Å². The molecule has 0 saturated heterocycles. The second kappa shape index (κ2) is 6.67. The van der Waals surface area contributed by atoms with E-state index in [0.717, 1.165) is 23.9 Å². The van der Waals surface area contributed by atoms with Crippen LogP contribution in [-0.4, -0.2) is 11.4 Å². The van der Waals surface area contributed by atoms with Crippen molar-refractivity contribution in [1.29, 1.82) is 5.26 Å². The van der Waals surface area contributed by atoms with Gasteiger partial charge in [0, 0.05) is 3.57 Å². The zero-order valence-electron chi connectivity index (χ0n) is 9.35. The van der Waals surface area contributed by atoms with Gasteiger partial charge in [-0.05, 0) is 41.0 Å². The van der Waals surface area contributed by atoms with E-state index in [4.69, 9.17) is 16.9 Å². The number of alkyl halides is 3. The number of benzene rings is 1. The summed E-state index contributed by atoms with van der Waals surface area (Å²) in [5.41, 5.74) is -0.637. The lowest BCUT2D eigenvalue weighted by Crippen LogP contribution is -2.12. The number of hydrogen-bond donors (Lipinski definition) is 1. The van der Waals surface area contributed by atoms with Crippen LogP contribution in [0.2, 0.25) is 5.02 Å². The van der Waals surface area contributed by atoms with E-state index >= 15 is 0 Å². The summed E-state index contributed by atoms with van der Waals surface area (Å²) in [6, 6.07) is 1.77. The Labute approximate surface area is 130 Å². The SMILES string of the molecule is CSC(=Nc1c(Cl)cc(C(F)(F)F)cc1I)NC#N. The van der Waals surface area contributed by atoms with Crippen molar-refractivity contribution < 1.29 is 13.2 Å². The molecular formula is C10H6ClF3IN3S. The minimum atomic E-state index is -4.46. The number of rotatable bonds is 1. The standard InChI is InChI=1S/C10H6ClF3IN3S/c1-19-9(17-4-16)18-8-6(11)2-5(3-7(8)15)10(12,13)14/h2-3H,1H3,(H,17,18). The molecule has 0 aliphatic heterocycles. The highest BCUT2D eigenvalue weighted by molar-refractivity contribution is 14.1. The summed E-state index contributed by atoms with van der Waals surface area (Å²) in [6.45, 7) is 0. The molecule has 0 bridgehead atoms. The Morgan fingerprint density at radius 3 is 2.58 bits per heavy atom. The lowest BCUT2D eigenvalue weighted by atomic mass is 10.2. The molecule has 0 aromatic heterocycles. The van der Waals surface area contributed by atoms with Crippen LogP contribution in [0.3, 0.4) is 0 Å². The van der Waals surface area contributed by atoms with Crippen molar-refractivity contribution >= 4 is 56.8 Å². The van der Waals surface area contributed by atoms with E-state index in [1.165, 1.54) is 0 Å². The summed E-state index contributed by atoms with van der Waals surface area (Å²) in [4.78, 5) is 4.03. The highest BCUT2D eigenvalue weighted by Gasteiger charge is 2.31. The summed E-state index contributed by atoms with van der Waals surface area (Å²) in [6.07, 6.45) is -1.10. The Hall–Kier alpha value is -0.660. The molecule has 1 N–H and O–H groups in total. The first-order chi connectivity index (χ1) is 8.79. The first-order valence-corrected chi connectivity index (χ1v) is 7.31. The van der Waals surface area contributed by atoms with Gasteiger partial charge in [0.25, 0.3) is 0 Å². The monoisotopic (exact) mass is 419 g/mol. The minimum Gasteiger partial charge on any atom is -0.271 e. The van der Waals surface area contributed by atoms with Gasteiger partial charge in [0.15, 0.2) is 11.4 Å². The fourth-order valence-corrected chi connectivity index (χ4v) is 2.61. The predicted octanol–water partition coefficient (Wildman–Crippen LogP) is 4.38. The smallest absolute Gasteiger partial charge is 0.271 e. The molecule has 0 aliphatic carbocycles. The van der Waals surface area contributed by atoms with E-state index in [9.17, 15) is 13.2 Å². The van der Waals surface area contributed by atoms with Gasteiger partial charge in [-0.25, -0.2) is 4.99 Å². The van der Waals surface area contributed by atoms with Gasteiger partial charge in [0.1, 0.15) is 0 Å². The molecule has 1 aromatic carbocycles. The van der Waals surface area contributed by atoms with Crippen molar-refractivity contribution in [1.82, 2.24) is 5.32 Å². The van der Waals surface area contributed by atoms with Gasteiger partial charge in [-0.15, -0.1) is 0 Å². The van der Waals surface area contributed by atoms with E-state index in [-0.39, 0.29) is 19.4 Å². The van der Waals surface area contributed by atoms with Crippen molar-refractivity contribution in [2.45, 2.75) is 6.18 Å². The van der Waals surface area contributed by atoms with Gasteiger partial charge < -0.3 is 0 Å². The van der Waals surface area contributed by atoms with Gasteiger partial charge in [0.2, 0.25) is 0 Å². The lowest BCUT2D eigenvalue weighted by Gasteiger charge is -2.10. The predicted molar refractivity (Wildman–Crippen MR) is 78.5 cm³/mol. The third-order valence-electron chi connectivity index (χ3n) is 1.91. The molecule has 1 aromatic rings. The van der Waals surface area contributed by atoms with Crippen LogP contribution >= 0.6 is 46.0 Å². The topological polar surface area (TPSA) is 48.2 Å². The van der Waals surface area contributed by atoms with Crippen LogP contribution in [0.5, 0.6) is 0 Å². The second-order valence-electron chi connectivity index (χ2n) is 3.14. The zero-order valence-corrected chi connectivity index (χ0v) is 13.1. The molecule has 0 saturated carbocycles. The number of thioether (sulfide) groups is 1. The Morgan fingerprint density at radius 1 is 1.53 bits per heavy atom. The molecule has 0 aliphatic rings. The fraction of sp³-hybridized carbons (Fsp3) is 0.200. The number of amidine groups is 1. The normalized spacial score (nSPS) is 12.2. The number of nitriles is 1. The lowest BCUT2D eigenvalue weighted by molar-refractivity contribution is -0.137. The van der Waals surface area contributed by atoms with Gasteiger partial charge in [-0.1, -0.05) is 23.4 Å². The van der Waals surface area contributed by atoms with Crippen LogP contribution < -0.4 is 5.32 Å². The molecular weight excluding hydrogens is 414 g/mol. The highest BCUT2D eigenvalue weighted by atomic mass is 127. The molecule has 3 nitrogen and oxygen atoms in total. The molecule has 19 heavy (non-hydrogen) atoms. The van der Waals surface area contributed by atoms with Crippen LogP contribution in [0.15, 0.2) is 17.1 Å². The van der Waals surface area contributed by atoms with Crippen LogP contribution in [-0.2, 0) is 6.18 Å². The summed E-state index contributed by atoms with van der Waals surface area (Å²) in [5.74, 6) is 0. The summed E-state index contributed by atoms with van der Waals surface area (Å²) >= 11 is 8.68. The van der Waals surface area contributed by atoms with Gasteiger partial charge in [-0.2, -0.15) is 18.4 Å². The summed E-state index contributed by atoms with van der Waals surface area (Å²) in [7, 11) is 0. The second-order valence-corrected chi connectivity index (χ2v) is 5.51. The van der Waals surface area contributed by atoms with Crippen LogP contribution in [0.25, 0.3) is 0 Å². The third-order valence-corrected chi connectivity index (χ3v) is 3.60. The molecule has 9 heteroatoms. The van der Waals surface area contributed by atoms with Crippen LogP contribution in [0.1, 0.15) is 5.56 Å². The number of nitrogens with zero attached hydrogens (tertiary/aromatic N) is 2. The first-order valence-electron chi connectivity index (χ1n) is 4.63. The molecule has 0 unspecified atom stereocenters. The molecule has 102 valence electrons. The first kappa shape index (κ1) is 16.4. The van der Waals surface area contributed by atoms with Crippen molar-refractivity contribution in [3.05, 3.63) is 26.3 Å². The minimum absolute atomic E-state index is 0.120. The summed E-state index contributed by atoms with van der Waals surface area (Å²) in [5, 5.41) is 10.9. The summed E-state index contributed by atoms with van der Waals surface area (Å²) < 4.78 is 38.0. The number of aliphatic imine (C=N–C) groups is 1. The Kier molecular flexibility index (Phi) is 5.76. The highest BCUT2D eigenvalue weighted by Crippen LogP contribution is 2.38. The van der Waals surface area contributed by atoms with Crippen molar-refractivity contribution in [2.75, 3.05) is 6.26 Å². The molecule has 0 spiro atoms. The maximum atomic E-state index is 12.6. The van der Waals surface area contributed by atoms with Crippen molar-refractivity contribution in [3.8, 4) is 6.19 Å². The largest absolute Gasteiger partial charge is 0.416 e. The Balaban J connectivity index is 3.29. The quantitative estimate of drug-likeness (QED) is 0.242. The van der Waals surface area contributed by atoms with Crippen LogP contribution in [0, 0.1) is 15.0 Å². The maximum Gasteiger partial charge on any atom is 0.416 e. The van der Waals surface area contributed by atoms with E-state index in [0.29, 0.717) is 0 Å². The number of hydrogen-bond acceptors (Lipinski definition) is 3. The zero-order chi connectivity index (χ0) is 14.6. The van der Waals surface area contributed by atoms with E-state index in [2.05, 4.69) is 10.3 Å². The molecule has 0 amide bonds. The fourth-order valence-electron chi connectivity index (χ4n) is 1.11. The van der Waals surface area contributed by atoms with Crippen molar-refractivity contribution in [2.24, 2.45) is 4.99 Å². The maximum absolute atomic E-state index is 12.6. The Bertz CT molecular complexity index is 531. The average molecular weight is 420 g/mol. The van der Waals surface area contributed by atoms with E-state index < -0.39 is 11.7 Å².